The number of hydrogen-bond donors (Lipinski definition) is 0. The molecule has 0 saturated heterocycles. The predicted octanol–water partition coefficient (Wildman–Crippen LogP) is 1.32. The molecule has 1 heteroatoms. The zero-order valence-corrected chi connectivity index (χ0v) is 5.35. The van der Waals surface area contributed by atoms with E-state index in [1.165, 1.54) is 6.92 Å². The number of ketones is 1. The molecule has 0 rings (SSSR count). The Bertz CT molecular complexity index is 188. The quantitative estimate of drug-likeness (QED) is 0.290. The van der Waals surface area contributed by atoms with Crippen molar-refractivity contribution < 1.29 is 4.79 Å². The van der Waals surface area contributed by atoms with Crippen LogP contribution in [0.4, 0.5) is 0 Å². The van der Waals surface area contributed by atoms with E-state index in [0.717, 1.165) is 0 Å². The highest BCUT2D eigenvalue weighted by Crippen LogP contribution is 1.69. The van der Waals surface area contributed by atoms with Crippen molar-refractivity contribution in [3.63, 3.8) is 0 Å². The van der Waals surface area contributed by atoms with Gasteiger partial charge in [0.05, 0.1) is 0 Å². The van der Waals surface area contributed by atoms with Gasteiger partial charge in [0.25, 0.3) is 0 Å². The van der Waals surface area contributed by atoms with E-state index in [0.29, 0.717) is 0 Å². The largest absolute Gasteiger partial charge is 0.285 e. The second-order valence-electron chi connectivity index (χ2n) is 1.42. The Balaban J connectivity index is 3.75. The normalized spacial score (nSPS) is 8.11. The summed E-state index contributed by atoms with van der Waals surface area (Å²) in [5.41, 5.74) is 0. The van der Waals surface area contributed by atoms with Gasteiger partial charge in [-0.3, -0.25) is 4.79 Å². The summed E-state index contributed by atoms with van der Waals surface area (Å²) in [5, 5.41) is 0. The summed E-state index contributed by atoms with van der Waals surface area (Å²) >= 11 is 0. The predicted molar refractivity (Wildman–Crippen MR) is 37.8 cm³/mol. The fraction of sp³-hybridized carbons (Fsp3) is 0.125. The number of carbonyl (C=O) groups excluding carboxylic acids is 1. The zero-order chi connectivity index (χ0) is 7.11. The van der Waals surface area contributed by atoms with Gasteiger partial charge in [-0.05, 0) is 12.0 Å². The van der Waals surface area contributed by atoms with Crippen molar-refractivity contribution in [1.82, 2.24) is 0 Å². The third kappa shape index (κ3) is 6.71. The van der Waals surface area contributed by atoms with Crippen LogP contribution in [0.5, 0.6) is 0 Å². The van der Waals surface area contributed by atoms with E-state index >= 15 is 0 Å². The maximum atomic E-state index is 10.2. The van der Waals surface area contributed by atoms with Gasteiger partial charge < -0.3 is 0 Å². The first-order chi connectivity index (χ1) is 4.27. The van der Waals surface area contributed by atoms with Crippen LogP contribution < -0.4 is 0 Å². The molecule has 0 amide bonds. The standard InChI is InChI=1S/C8H8O/c1-3-4-5-6-7-8(2)9/h3-5H,1H2,2H3. The number of allylic oxidation sites excluding steroid dienone is 3. The lowest BCUT2D eigenvalue weighted by Crippen LogP contribution is -1.78. The lowest BCUT2D eigenvalue weighted by Gasteiger charge is -1.66. The molecule has 0 aliphatic rings. The molecule has 0 radical (unpaired) electrons. The Labute approximate surface area is 55.1 Å². The SMILES string of the molecule is C=CC=CC#CC(C)=O. The fourth-order valence-electron chi connectivity index (χ4n) is 0.259. The molecule has 46 valence electrons. The molecule has 0 atom stereocenters. The molecule has 0 aliphatic carbocycles. The van der Waals surface area contributed by atoms with Crippen molar-refractivity contribution in [2.24, 2.45) is 0 Å². The molecule has 0 aromatic heterocycles. The fourth-order valence-corrected chi connectivity index (χ4v) is 0.259. The smallest absolute Gasteiger partial charge is 0.202 e. The second-order valence-corrected chi connectivity index (χ2v) is 1.42. The van der Waals surface area contributed by atoms with Crippen molar-refractivity contribution in [3.05, 3.63) is 24.8 Å². The van der Waals surface area contributed by atoms with E-state index in [-0.39, 0.29) is 5.78 Å². The van der Waals surface area contributed by atoms with E-state index in [4.69, 9.17) is 0 Å². The van der Waals surface area contributed by atoms with Crippen LogP contribution in [0, 0.1) is 11.8 Å². The highest BCUT2D eigenvalue weighted by molar-refractivity contribution is 5.93. The van der Waals surface area contributed by atoms with E-state index in [9.17, 15) is 4.79 Å². The minimum atomic E-state index is -0.122. The topological polar surface area (TPSA) is 17.1 Å². The summed E-state index contributed by atoms with van der Waals surface area (Å²) in [7, 11) is 0. The Hall–Kier alpha value is -1.29. The van der Waals surface area contributed by atoms with E-state index in [2.05, 4.69) is 18.4 Å². The maximum Gasteiger partial charge on any atom is 0.202 e. The molecular weight excluding hydrogens is 112 g/mol. The molecule has 0 aliphatic heterocycles. The number of carbonyl (C=O) groups is 1. The van der Waals surface area contributed by atoms with Crippen LogP contribution in [0.25, 0.3) is 0 Å². The van der Waals surface area contributed by atoms with E-state index < -0.39 is 0 Å². The summed E-state index contributed by atoms with van der Waals surface area (Å²) in [6, 6.07) is 0. The lowest BCUT2D eigenvalue weighted by atomic mass is 10.4. The van der Waals surface area contributed by atoms with Gasteiger partial charge in [0.15, 0.2) is 0 Å². The lowest BCUT2D eigenvalue weighted by molar-refractivity contribution is -0.111. The molecule has 0 heterocycles. The molecule has 0 N–H and O–H groups in total. The van der Waals surface area contributed by atoms with Gasteiger partial charge in [-0.25, -0.2) is 0 Å². The third-order valence-electron chi connectivity index (χ3n) is 0.564. The molecule has 0 spiro atoms. The van der Waals surface area contributed by atoms with Crippen LogP contribution in [-0.4, -0.2) is 5.78 Å². The first kappa shape index (κ1) is 7.71. The van der Waals surface area contributed by atoms with Crippen molar-refractivity contribution in [3.8, 4) is 11.8 Å². The van der Waals surface area contributed by atoms with Crippen LogP contribution in [0.2, 0.25) is 0 Å². The van der Waals surface area contributed by atoms with Gasteiger partial charge in [-0.2, -0.15) is 0 Å². The average Bonchev–Trinajstić information content (AvgIpc) is 1.80. The maximum absolute atomic E-state index is 10.2. The van der Waals surface area contributed by atoms with Crippen LogP contribution in [0.3, 0.4) is 0 Å². The highest BCUT2D eigenvalue weighted by Gasteiger charge is 1.73. The average molecular weight is 120 g/mol. The summed E-state index contributed by atoms with van der Waals surface area (Å²) < 4.78 is 0. The van der Waals surface area contributed by atoms with Crippen LogP contribution in [0.1, 0.15) is 6.92 Å². The summed E-state index contributed by atoms with van der Waals surface area (Å²) in [6.07, 6.45) is 4.86. The van der Waals surface area contributed by atoms with Crippen molar-refractivity contribution in [2.75, 3.05) is 0 Å². The summed E-state index contributed by atoms with van der Waals surface area (Å²) in [5.74, 6) is 4.77. The molecule has 0 aromatic carbocycles. The van der Waals surface area contributed by atoms with Crippen molar-refractivity contribution >= 4 is 5.78 Å². The number of hydrogen-bond acceptors (Lipinski definition) is 1. The van der Waals surface area contributed by atoms with Crippen LogP contribution >= 0.6 is 0 Å². The Kier molecular flexibility index (Phi) is 4.16. The molecule has 9 heavy (non-hydrogen) atoms. The van der Waals surface area contributed by atoms with Gasteiger partial charge in [0.1, 0.15) is 0 Å². The zero-order valence-electron chi connectivity index (χ0n) is 5.35. The van der Waals surface area contributed by atoms with Crippen LogP contribution in [0.15, 0.2) is 24.8 Å². The van der Waals surface area contributed by atoms with Gasteiger partial charge in [0.2, 0.25) is 5.78 Å². The molecular formula is C8H8O. The minimum Gasteiger partial charge on any atom is -0.285 e. The highest BCUT2D eigenvalue weighted by atomic mass is 16.1. The van der Waals surface area contributed by atoms with Gasteiger partial charge in [-0.15, -0.1) is 0 Å². The molecule has 0 saturated carbocycles. The first-order valence-corrected chi connectivity index (χ1v) is 2.57. The molecule has 1 nitrogen and oxygen atoms in total. The first-order valence-electron chi connectivity index (χ1n) is 2.57. The number of rotatable bonds is 1. The van der Waals surface area contributed by atoms with Crippen molar-refractivity contribution in [1.29, 1.82) is 0 Å². The molecule has 0 unspecified atom stereocenters. The Morgan fingerprint density at radius 2 is 2.33 bits per heavy atom. The molecule has 0 fully saturated rings. The van der Waals surface area contributed by atoms with E-state index in [1.807, 2.05) is 0 Å². The third-order valence-corrected chi connectivity index (χ3v) is 0.564. The minimum absolute atomic E-state index is 0.122. The van der Waals surface area contributed by atoms with Gasteiger partial charge >= 0.3 is 0 Å². The Morgan fingerprint density at radius 3 is 2.78 bits per heavy atom. The summed E-state index contributed by atoms with van der Waals surface area (Å²) in [6.45, 7) is 4.86. The van der Waals surface area contributed by atoms with Gasteiger partial charge in [0, 0.05) is 6.92 Å². The van der Waals surface area contributed by atoms with Crippen molar-refractivity contribution in [2.45, 2.75) is 6.92 Å². The van der Waals surface area contributed by atoms with Crippen LogP contribution in [-0.2, 0) is 4.79 Å². The Morgan fingerprint density at radius 1 is 1.67 bits per heavy atom. The molecule has 0 aromatic rings. The number of Topliss-reactive ketones (excluding diaryl/α,β-unsaturated/α-hetero) is 1. The second kappa shape index (κ2) is 4.86. The molecule has 0 bridgehead atoms. The van der Waals surface area contributed by atoms with Gasteiger partial charge in [-0.1, -0.05) is 24.7 Å². The van der Waals surface area contributed by atoms with E-state index in [1.54, 1.807) is 18.2 Å². The summed E-state index contributed by atoms with van der Waals surface area (Å²) in [4.78, 5) is 10.2. The monoisotopic (exact) mass is 120 g/mol.